The highest BCUT2D eigenvalue weighted by Gasteiger charge is 2.73. The Labute approximate surface area is 277 Å². The highest BCUT2D eigenvalue weighted by Crippen LogP contribution is 2.54. The molecule has 5 heteroatoms. The Bertz CT molecular complexity index is 2420. The molecule has 0 bridgehead atoms. The maximum atomic E-state index is 6.66. The van der Waals surface area contributed by atoms with Gasteiger partial charge >= 0.3 is 5.66 Å². The second-order valence-electron chi connectivity index (χ2n) is 12.8. The van der Waals surface area contributed by atoms with Crippen LogP contribution in [0, 0.1) is 0 Å². The minimum absolute atomic E-state index is 0.666. The molecule has 0 saturated heterocycles. The first-order chi connectivity index (χ1) is 23.8. The predicted octanol–water partition coefficient (Wildman–Crippen LogP) is 8.54. The van der Waals surface area contributed by atoms with E-state index in [4.69, 9.17) is 4.74 Å². The van der Waals surface area contributed by atoms with Gasteiger partial charge in [0.2, 0.25) is 12.4 Å². The lowest BCUT2D eigenvalue weighted by molar-refractivity contribution is -1.02. The minimum Gasteiger partial charge on any atom is -0.455 e. The van der Waals surface area contributed by atoms with Crippen molar-refractivity contribution in [3.8, 4) is 67.4 Å². The summed E-state index contributed by atoms with van der Waals surface area (Å²) in [7, 11) is 0. The van der Waals surface area contributed by atoms with Crippen LogP contribution in [0.3, 0.4) is 0 Å². The van der Waals surface area contributed by atoms with Crippen molar-refractivity contribution in [1.29, 1.82) is 0 Å². The van der Waals surface area contributed by atoms with Crippen LogP contribution in [-0.2, 0) is 5.66 Å². The van der Waals surface area contributed by atoms with Crippen LogP contribution >= 0.6 is 0 Å². The summed E-state index contributed by atoms with van der Waals surface area (Å²) in [6.45, 7) is 0. The van der Waals surface area contributed by atoms with Gasteiger partial charge in [0.25, 0.3) is 0 Å². The fourth-order valence-electron chi connectivity index (χ4n) is 8.13. The smallest absolute Gasteiger partial charge is 0.455 e. The Morgan fingerprint density at radius 3 is 1.25 bits per heavy atom. The van der Waals surface area contributed by atoms with E-state index in [1.807, 2.05) is 0 Å². The monoisotopic (exact) mass is 616 g/mol. The van der Waals surface area contributed by atoms with Gasteiger partial charge in [-0.05, 0) is 79.1 Å². The average molecular weight is 617 g/mol. The summed E-state index contributed by atoms with van der Waals surface area (Å²) >= 11 is 0. The molecule has 1 spiro atoms. The SMILES string of the molecule is c1ccc(-c2cccc(-c3cn4[n+](c3)C35c6c(cccc6-4)Oc4cccc(c43)-n3cc(-c4cccc(-c6ccccc6)c4)c[n+]35)c2)cc1. The van der Waals surface area contributed by atoms with E-state index in [0.29, 0.717) is 0 Å². The molecule has 3 aliphatic rings. The number of nitrogens with zero attached hydrogens (tertiary/aromatic N) is 4. The molecule has 48 heavy (non-hydrogen) atoms. The van der Waals surface area contributed by atoms with Gasteiger partial charge in [0.05, 0.1) is 23.5 Å². The minimum atomic E-state index is -0.666. The van der Waals surface area contributed by atoms with Crippen molar-refractivity contribution in [1.82, 2.24) is 9.36 Å². The highest BCUT2D eigenvalue weighted by molar-refractivity contribution is 5.75. The molecule has 3 aliphatic heterocycles. The van der Waals surface area contributed by atoms with Crippen LogP contribution in [0.25, 0.3) is 55.9 Å². The van der Waals surface area contributed by atoms with E-state index in [-0.39, 0.29) is 0 Å². The Hall–Kier alpha value is -6.46. The third-order valence-electron chi connectivity index (χ3n) is 10.2. The second kappa shape index (κ2) is 9.30. The lowest BCUT2D eigenvalue weighted by atomic mass is 9.87. The maximum absolute atomic E-state index is 6.66. The molecule has 0 fully saturated rings. The molecule has 6 aromatic carbocycles. The van der Waals surface area contributed by atoms with Crippen molar-refractivity contribution in [2.75, 3.05) is 0 Å². The van der Waals surface area contributed by atoms with E-state index in [1.54, 1.807) is 0 Å². The summed E-state index contributed by atoms with van der Waals surface area (Å²) in [4.78, 5) is 0. The number of rotatable bonds is 4. The highest BCUT2D eigenvalue weighted by atomic mass is 16.5. The van der Waals surface area contributed by atoms with Gasteiger partial charge in [-0.2, -0.15) is 0 Å². The zero-order valence-corrected chi connectivity index (χ0v) is 25.9. The van der Waals surface area contributed by atoms with Gasteiger partial charge < -0.3 is 4.74 Å². The van der Waals surface area contributed by atoms with E-state index in [2.05, 4.69) is 189 Å². The molecule has 5 heterocycles. The molecule has 0 amide bonds. The lowest BCUT2D eigenvalue weighted by Crippen LogP contribution is -2.74. The Balaban J connectivity index is 1.14. The third-order valence-corrected chi connectivity index (χ3v) is 10.2. The van der Waals surface area contributed by atoms with Crippen LogP contribution in [0.5, 0.6) is 11.5 Å². The van der Waals surface area contributed by atoms with Crippen molar-refractivity contribution in [3.05, 3.63) is 182 Å². The fraction of sp³-hybridized carbons (Fsp3) is 0.0233. The van der Waals surface area contributed by atoms with Crippen LogP contribution in [-0.4, -0.2) is 9.36 Å². The summed E-state index contributed by atoms with van der Waals surface area (Å²) < 4.78 is 16.1. The zero-order valence-electron chi connectivity index (χ0n) is 25.9. The molecule has 224 valence electrons. The quantitative estimate of drug-likeness (QED) is 0.182. The van der Waals surface area contributed by atoms with Crippen molar-refractivity contribution >= 4 is 0 Å². The average Bonchev–Trinajstić information content (AvgIpc) is 3.91. The second-order valence-corrected chi connectivity index (χ2v) is 12.8. The number of hydrogen-bond donors (Lipinski definition) is 0. The zero-order chi connectivity index (χ0) is 31.4. The summed E-state index contributed by atoms with van der Waals surface area (Å²) in [5.41, 5.74) is 13.4. The molecule has 0 N–H and O–H groups in total. The first-order valence-electron chi connectivity index (χ1n) is 16.3. The molecule has 2 aromatic heterocycles. The van der Waals surface area contributed by atoms with E-state index in [0.717, 1.165) is 45.1 Å². The molecule has 0 atom stereocenters. The predicted molar refractivity (Wildman–Crippen MR) is 185 cm³/mol. The molecule has 0 saturated carbocycles. The lowest BCUT2D eigenvalue weighted by Gasteiger charge is -2.22. The van der Waals surface area contributed by atoms with Gasteiger partial charge in [0.15, 0.2) is 11.1 Å². The van der Waals surface area contributed by atoms with Crippen molar-refractivity contribution in [2.24, 2.45) is 0 Å². The van der Waals surface area contributed by atoms with E-state index in [9.17, 15) is 0 Å². The number of aromatic nitrogens is 4. The molecule has 0 aliphatic carbocycles. The Kier molecular flexibility index (Phi) is 4.98. The fourth-order valence-corrected chi connectivity index (χ4v) is 8.13. The van der Waals surface area contributed by atoms with Gasteiger partial charge in [-0.1, -0.05) is 109 Å². The first kappa shape index (κ1) is 25.7. The van der Waals surface area contributed by atoms with Gasteiger partial charge in [-0.25, -0.2) is 0 Å². The van der Waals surface area contributed by atoms with E-state index < -0.39 is 5.66 Å². The van der Waals surface area contributed by atoms with Gasteiger partial charge in [-0.15, -0.1) is 9.36 Å². The summed E-state index contributed by atoms with van der Waals surface area (Å²) in [5, 5.41) is 0. The van der Waals surface area contributed by atoms with Gasteiger partial charge in [-0.3, -0.25) is 0 Å². The summed E-state index contributed by atoms with van der Waals surface area (Å²) in [5.74, 6) is 1.77. The molecular weight excluding hydrogens is 589 g/mol. The van der Waals surface area contributed by atoms with Crippen LogP contribution in [0.4, 0.5) is 0 Å². The molecule has 0 radical (unpaired) electrons. The van der Waals surface area contributed by atoms with Gasteiger partial charge in [0.1, 0.15) is 22.9 Å². The number of hydrogen-bond acceptors (Lipinski definition) is 1. The van der Waals surface area contributed by atoms with Crippen LogP contribution in [0.15, 0.2) is 170 Å². The van der Waals surface area contributed by atoms with Crippen molar-refractivity contribution in [2.45, 2.75) is 5.66 Å². The first-order valence-corrected chi connectivity index (χ1v) is 16.3. The summed E-state index contributed by atoms with van der Waals surface area (Å²) in [6.07, 6.45) is 9.16. The Morgan fingerprint density at radius 1 is 0.396 bits per heavy atom. The van der Waals surface area contributed by atoms with Crippen LogP contribution in [0.2, 0.25) is 0 Å². The standard InChI is InChI=1S/C43H28N4O/c1-3-11-29(12-4-1)31-15-7-17-33(23-31)35-25-44-37-19-9-21-39-41(37)43(46(44)27-35)42-38(20-10-22-40(42)48-39)45-26-36(28-47(43)45)34-18-8-16-32(24-34)30-13-5-2-6-14-30/h1-28H/q+2. The summed E-state index contributed by atoms with van der Waals surface area (Å²) in [6, 6.07) is 51.7. The van der Waals surface area contributed by atoms with E-state index in [1.165, 1.54) is 33.4 Å². The topological polar surface area (TPSA) is 26.8 Å². The van der Waals surface area contributed by atoms with Crippen LogP contribution < -0.4 is 14.1 Å². The normalized spacial score (nSPS) is 13.8. The molecule has 0 unspecified atom stereocenters. The number of benzene rings is 6. The molecular formula is C43H28N4O+2. The van der Waals surface area contributed by atoms with E-state index >= 15 is 0 Å². The maximum Gasteiger partial charge on any atom is 0.469 e. The number of ether oxygens (including phenoxy) is 1. The van der Waals surface area contributed by atoms with Crippen LogP contribution in [0.1, 0.15) is 11.1 Å². The third kappa shape index (κ3) is 3.29. The number of fused-ring (bicyclic) bond motifs is 4. The molecule has 8 aromatic rings. The molecule has 11 rings (SSSR count). The van der Waals surface area contributed by atoms with Gasteiger partial charge in [0, 0.05) is 0 Å². The Morgan fingerprint density at radius 2 is 0.792 bits per heavy atom. The van der Waals surface area contributed by atoms with Crippen molar-refractivity contribution < 1.29 is 14.1 Å². The van der Waals surface area contributed by atoms with Crippen molar-refractivity contribution in [3.63, 3.8) is 0 Å². The molecule has 5 nitrogen and oxygen atoms in total. The largest absolute Gasteiger partial charge is 0.469 e.